The highest BCUT2D eigenvalue weighted by atomic mass is 35.5. The van der Waals surface area contributed by atoms with Gasteiger partial charge in [0.15, 0.2) is 0 Å². The van der Waals surface area contributed by atoms with Crippen LogP contribution in [0.2, 0.25) is 5.02 Å². The van der Waals surface area contributed by atoms with Crippen LogP contribution in [-0.2, 0) is 6.42 Å². The number of phenolic OH excluding ortho intramolecular Hbond substituents is 1. The van der Waals surface area contributed by atoms with Gasteiger partial charge in [-0.15, -0.1) is 5.10 Å². The Morgan fingerprint density at radius 1 is 1.29 bits per heavy atom. The Hall–Kier alpha value is -1.81. The second-order valence-electron chi connectivity index (χ2n) is 3.54. The number of benzene rings is 1. The number of halogens is 1. The van der Waals surface area contributed by atoms with Gasteiger partial charge in [0.2, 0.25) is 0 Å². The van der Waals surface area contributed by atoms with E-state index in [0.717, 1.165) is 11.3 Å². The number of rotatable bonds is 3. The second kappa shape index (κ2) is 5.01. The summed E-state index contributed by atoms with van der Waals surface area (Å²) in [6.07, 6.45) is 0.561. The molecule has 1 aromatic carbocycles. The molecule has 1 N–H and O–H groups in total. The molecular weight excluding hydrogens is 240 g/mol. The number of methoxy groups -OCH3 is 1. The van der Waals surface area contributed by atoms with Gasteiger partial charge >= 0.3 is 0 Å². The molecule has 0 atom stereocenters. The summed E-state index contributed by atoms with van der Waals surface area (Å²) in [5.74, 6) is 0.543. The summed E-state index contributed by atoms with van der Waals surface area (Å²) in [7, 11) is 1.49. The minimum absolute atomic E-state index is 0.232. The molecule has 0 aliphatic heterocycles. The molecule has 0 unspecified atom stereocenters. The van der Waals surface area contributed by atoms with Crippen LogP contribution in [0.25, 0.3) is 0 Å². The average molecular weight is 251 g/mol. The van der Waals surface area contributed by atoms with Crippen molar-refractivity contribution >= 4 is 11.6 Å². The summed E-state index contributed by atoms with van der Waals surface area (Å²) >= 11 is 5.95. The first kappa shape index (κ1) is 11.7. The summed E-state index contributed by atoms with van der Waals surface area (Å²) < 4.78 is 4.92. The Balaban J connectivity index is 2.22. The van der Waals surface area contributed by atoms with Crippen LogP contribution in [0, 0.1) is 0 Å². The van der Waals surface area contributed by atoms with E-state index < -0.39 is 0 Å². The van der Waals surface area contributed by atoms with Crippen LogP contribution >= 0.6 is 11.6 Å². The van der Waals surface area contributed by atoms with Gasteiger partial charge in [0.1, 0.15) is 10.8 Å². The van der Waals surface area contributed by atoms with E-state index in [1.165, 1.54) is 7.11 Å². The molecule has 0 radical (unpaired) electrons. The van der Waals surface area contributed by atoms with E-state index >= 15 is 0 Å². The Morgan fingerprint density at radius 2 is 2.12 bits per heavy atom. The van der Waals surface area contributed by atoms with Crippen LogP contribution in [-0.4, -0.2) is 22.4 Å². The molecule has 1 heterocycles. The van der Waals surface area contributed by atoms with Gasteiger partial charge in [-0.25, -0.2) is 0 Å². The van der Waals surface area contributed by atoms with E-state index in [4.69, 9.17) is 16.3 Å². The van der Waals surface area contributed by atoms with Crippen molar-refractivity contribution in [3.63, 3.8) is 0 Å². The molecule has 0 aliphatic carbocycles. The first-order valence-electron chi connectivity index (χ1n) is 5.03. The Kier molecular flexibility index (Phi) is 3.44. The molecule has 0 fully saturated rings. The predicted octanol–water partition coefficient (Wildman–Crippen LogP) is 2.44. The topological polar surface area (TPSA) is 55.2 Å². The first-order valence-corrected chi connectivity index (χ1v) is 5.41. The number of aromatic nitrogens is 2. The summed E-state index contributed by atoms with van der Waals surface area (Å²) in [6, 6.07) is 8.69. The normalized spacial score (nSPS) is 10.2. The first-order chi connectivity index (χ1) is 8.19. The van der Waals surface area contributed by atoms with Crippen molar-refractivity contribution in [3.05, 3.63) is 46.6 Å². The van der Waals surface area contributed by atoms with Crippen LogP contribution in [0.4, 0.5) is 0 Å². The van der Waals surface area contributed by atoms with Gasteiger partial charge in [-0.05, 0) is 23.8 Å². The molecule has 0 saturated heterocycles. The molecular formula is C12H11ClN2O2. The highest BCUT2D eigenvalue weighted by Gasteiger charge is 2.06. The maximum absolute atomic E-state index is 9.35. The fourth-order valence-electron chi connectivity index (χ4n) is 1.49. The number of hydrogen-bond acceptors (Lipinski definition) is 4. The Labute approximate surface area is 104 Å². The largest absolute Gasteiger partial charge is 0.508 e. The summed E-state index contributed by atoms with van der Waals surface area (Å²) in [4.78, 5) is 0. The highest BCUT2D eigenvalue weighted by Crippen LogP contribution is 2.22. The molecule has 17 heavy (non-hydrogen) atoms. The van der Waals surface area contributed by atoms with Gasteiger partial charge in [0, 0.05) is 6.42 Å². The number of ether oxygens (including phenoxy) is 1. The Morgan fingerprint density at radius 3 is 2.76 bits per heavy atom. The van der Waals surface area contributed by atoms with Crippen molar-refractivity contribution in [2.45, 2.75) is 6.42 Å². The lowest BCUT2D eigenvalue weighted by molar-refractivity contribution is 0.391. The van der Waals surface area contributed by atoms with E-state index in [1.54, 1.807) is 24.3 Å². The van der Waals surface area contributed by atoms with Crippen molar-refractivity contribution in [1.29, 1.82) is 0 Å². The zero-order valence-electron chi connectivity index (χ0n) is 9.22. The van der Waals surface area contributed by atoms with Gasteiger partial charge in [-0.1, -0.05) is 23.7 Å². The third-order valence-electron chi connectivity index (χ3n) is 2.26. The Bertz CT molecular complexity index is 532. The lowest BCUT2D eigenvalue weighted by Gasteiger charge is -2.04. The second-order valence-corrected chi connectivity index (χ2v) is 3.95. The van der Waals surface area contributed by atoms with Crippen LogP contribution in [0.1, 0.15) is 11.3 Å². The zero-order valence-corrected chi connectivity index (χ0v) is 9.98. The molecule has 5 heteroatoms. The fourth-order valence-corrected chi connectivity index (χ4v) is 1.74. The van der Waals surface area contributed by atoms with Crippen LogP contribution in [0.5, 0.6) is 11.6 Å². The smallest absolute Gasteiger partial charge is 0.252 e. The summed E-state index contributed by atoms with van der Waals surface area (Å²) in [5.41, 5.74) is 1.67. The maximum atomic E-state index is 9.35. The fraction of sp³-hybridized carbons (Fsp3) is 0.167. The molecule has 88 valence electrons. The van der Waals surface area contributed by atoms with Gasteiger partial charge in [-0.3, -0.25) is 0 Å². The lowest BCUT2D eigenvalue weighted by Crippen LogP contribution is -1.97. The minimum Gasteiger partial charge on any atom is -0.508 e. The molecule has 2 rings (SSSR count). The van der Waals surface area contributed by atoms with Crippen LogP contribution < -0.4 is 4.74 Å². The van der Waals surface area contributed by atoms with Gasteiger partial charge in [0.25, 0.3) is 5.88 Å². The molecule has 1 aromatic heterocycles. The van der Waals surface area contributed by atoms with Crippen molar-refractivity contribution in [2.24, 2.45) is 0 Å². The minimum atomic E-state index is 0.232. The van der Waals surface area contributed by atoms with E-state index in [9.17, 15) is 5.11 Å². The molecule has 0 bridgehead atoms. The summed E-state index contributed by atoms with van der Waals surface area (Å²) in [6.45, 7) is 0. The number of aromatic hydroxyl groups is 1. The molecule has 4 nitrogen and oxygen atoms in total. The number of phenols is 1. The molecule has 2 aromatic rings. The summed E-state index contributed by atoms with van der Waals surface area (Å²) in [5, 5.41) is 17.6. The quantitative estimate of drug-likeness (QED) is 0.909. The monoisotopic (exact) mass is 250 g/mol. The van der Waals surface area contributed by atoms with Gasteiger partial charge in [0.05, 0.1) is 12.8 Å². The lowest BCUT2D eigenvalue weighted by atomic mass is 10.1. The van der Waals surface area contributed by atoms with Crippen LogP contribution in [0.3, 0.4) is 0 Å². The maximum Gasteiger partial charge on any atom is 0.252 e. The highest BCUT2D eigenvalue weighted by molar-refractivity contribution is 6.31. The van der Waals surface area contributed by atoms with Gasteiger partial charge in [-0.2, -0.15) is 5.10 Å². The van der Waals surface area contributed by atoms with E-state index in [-0.39, 0.29) is 5.75 Å². The molecule has 0 aliphatic rings. The number of nitrogens with zero attached hydrogens (tertiary/aromatic N) is 2. The predicted molar refractivity (Wildman–Crippen MR) is 64.5 cm³/mol. The average Bonchev–Trinajstić information content (AvgIpc) is 2.29. The third kappa shape index (κ3) is 2.85. The van der Waals surface area contributed by atoms with Crippen molar-refractivity contribution in [3.8, 4) is 11.6 Å². The van der Waals surface area contributed by atoms with Crippen molar-refractivity contribution in [1.82, 2.24) is 10.2 Å². The van der Waals surface area contributed by atoms with Crippen LogP contribution in [0.15, 0.2) is 30.3 Å². The SMILES string of the molecule is COc1nnc(Cc2cccc(O)c2)cc1Cl. The third-order valence-corrected chi connectivity index (χ3v) is 2.53. The standard InChI is InChI=1S/C12H11ClN2O2/c1-17-12-11(13)7-9(14-15-12)5-8-3-2-4-10(16)6-8/h2-4,6-7,16H,5H2,1H3. The molecule has 0 amide bonds. The molecule has 0 saturated carbocycles. The van der Waals surface area contributed by atoms with Crippen molar-refractivity contribution in [2.75, 3.05) is 7.11 Å². The number of hydrogen-bond donors (Lipinski definition) is 1. The van der Waals surface area contributed by atoms with E-state index in [1.807, 2.05) is 6.07 Å². The van der Waals surface area contributed by atoms with E-state index in [0.29, 0.717) is 17.3 Å². The molecule has 0 spiro atoms. The van der Waals surface area contributed by atoms with Crippen molar-refractivity contribution < 1.29 is 9.84 Å². The van der Waals surface area contributed by atoms with Gasteiger partial charge < -0.3 is 9.84 Å². The zero-order chi connectivity index (χ0) is 12.3. The van der Waals surface area contributed by atoms with E-state index in [2.05, 4.69) is 10.2 Å².